The molecule has 0 radical (unpaired) electrons. The van der Waals surface area contributed by atoms with Crippen LogP contribution in [0.3, 0.4) is 0 Å². The predicted octanol–water partition coefficient (Wildman–Crippen LogP) is 3.12. The summed E-state index contributed by atoms with van der Waals surface area (Å²) in [4.78, 5) is 16.7. The topological polar surface area (TPSA) is 54.0 Å². The van der Waals surface area contributed by atoms with E-state index in [1.165, 1.54) is 22.5 Å². The zero-order valence-electron chi connectivity index (χ0n) is 11.6. The highest BCUT2D eigenvalue weighted by Crippen LogP contribution is 2.23. The molecule has 0 fully saturated rings. The minimum Gasteiger partial charge on any atom is -0.309 e. The molecule has 2 heterocycles. The molecule has 0 atom stereocenters. The van der Waals surface area contributed by atoms with E-state index in [2.05, 4.69) is 29.5 Å². The standard InChI is InChI=1S/C15H17N3OS/c1-9(2)13-8-20-15(17-13)18-14(19)10-3-4-11-6-16-7-12(11)5-10/h3-5,8-9,16H,6-7H2,1-2H3,(H,17,18,19). The first-order valence-electron chi connectivity index (χ1n) is 6.73. The molecule has 1 aromatic carbocycles. The number of benzene rings is 1. The van der Waals surface area contributed by atoms with Crippen LogP contribution in [0.15, 0.2) is 23.6 Å². The van der Waals surface area contributed by atoms with E-state index in [0.29, 0.717) is 16.6 Å². The number of hydrogen-bond donors (Lipinski definition) is 2. The minimum atomic E-state index is -0.0932. The molecular formula is C15H17N3OS. The van der Waals surface area contributed by atoms with Crippen LogP contribution in [0.5, 0.6) is 0 Å². The number of nitrogens with one attached hydrogen (secondary N) is 2. The number of nitrogens with zero attached hydrogens (tertiary/aromatic N) is 1. The Hall–Kier alpha value is -1.72. The summed E-state index contributed by atoms with van der Waals surface area (Å²) in [7, 11) is 0. The van der Waals surface area contributed by atoms with Gasteiger partial charge in [-0.15, -0.1) is 11.3 Å². The normalized spacial score (nSPS) is 13.6. The number of anilines is 1. The maximum Gasteiger partial charge on any atom is 0.257 e. The molecule has 4 nitrogen and oxygen atoms in total. The first-order chi connectivity index (χ1) is 9.63. The van der Waals surface area contributed by atoms with Gasteiger partial charge in [0.2, 0.25) is 0 Å². The van der Waals surface area contributed by atoms with Gasteiger partial charge in [0, 0.05) is 24.0 Å². The molecule has 0 aliphatic carbocycles. The van der Waals surface area contributed by atoms with Gasteiger partial charge in [-0.3, -0.25) is 10.1 Å². The molecule has 104 valence electrons. The zero-order valence-corrected chi connectivity index (χ0v) is 12.4. The molecule has 1 aliphatic heterocycles. The van der Waals surface area contributed by atoms with Crippen molar-refractivity contribution in [3.8, 4) is 0 Å². The highest BCUT2D eigenvalue weighted by Gasteiger charge is 2.15. The maximum atomic E-state index is 12.2. The molecule has 2 N–H and O–H groups in total. The van der Waals surface area contributed by atoms with E-state index in [0.717, 1.165) is 18.8 Å². The highest BCUT2D eigenvalue weighted by atomic mass is 32.1. The molecule has 0 saturated heterocycles. The summed E-state index contributed by atoms with van der Waals surface area (Å²) in [5, 5.41) is 8.81. The fourth-order valence-corrected chi connectivity index (χ4v) is 3.08. The summed E-state index contributed by atoms with van der Waals surface area (Å²) in [5.74, 6) is 0.285. The van der Waals surface area contributed by atoms with Gasteiger partial charge in [-0.2, -0.15) is 0 Å². The van der Waals surface area contributed by atoms with Crippen molar-refractivity contribution in [2.75, 3.05) is 5.32 Å². The molecule has 0 spiro atoms. The van der Waals surface area contributed by atoms with Crippen LogP contribution >= 0.6 is 11.3 Å². The van der Waals surface area contributed by atoms with Crippen molar-refractivity contribution >= 4 is 22.4 Å². The molecular weight excluding hydrogens is 270 g/mol. The lowest BCUT2D eigenvalue weighted by molar-refractivity contribution is 0.102. The van der Waals surface area contributed by atoms with Crippen LogP contribution in [-0.4, -0.2) is 10.9 Å². The third kappa shape index (κ3) is 2.59. The lowest BCUT2D eigenvalue weighted by Crippen LogP contribution is -2.12. The quantitative estimate of drug-likeness (QED) is 0.912. The number of rotatable bonds is 3. The summed E-state index contributed by atoms with van der Waals surface area (Å²) >= 11 is 1.47. The average molecular weight is 287 g/mol. The second-order valence-electron chi connectivity index (χ2n) is 5.27. The van der Waals surface area contributed by atoms with Gasteiger partial charge in [0.25, 0.3) is 5.91 Å². The molecule has 3 rings (SSSR count). The van der Waals surface area contributed by atoms with Crippen LogP contribution in [0, 0.1) is 0 Å². The van der Waals surface area contributed by atoms with Gasteiger partial charge in [0.1, 0.15) is 0 Å². The van der Waals surface area contributed by atoms with Gasteiger partial charge in [0.05, 0.1) is 5.69 Å². The summed E-state index contributed by atoms with van der Waals surface area (Å²) in [5.41, 5.74) is 4.19. The van der Waals surface area contributed by atoms with Crippen molar-refractivity contribution in [1.29, 1.82) is 0 Å². The van der Waals surface area contributed by atoms with E-state index < -0.39 is 0 Å². The Labute approximate surface area is 122 Å². The molecule has 0 saturated carbocycles. The Morgan fingerprint density at radius 3 is 2.90 bits per heavy atom. The largest absolute Gasteiger partial charge is 0.309 e. The number of fused-ring (bicyclic) bond motifs is 1. The predicted molar refractivity (Wildman–Crippen MR) is 81.1 cm³/mol. The SMILES string of the molecule is CC(C)c1csc(NC(=O)c2ccc3c(c2)CNC3)n1. The lowest BCUT2D eigenvalue weighted by Gasteiger charge is -2.04. The van der Waals surface area contributed by atoms with E-state index in [9.17, 15) is 4.79 Å². The molecule has 1 aliphatic rings. The summed E-state index contributed by atoms with van der Waals surface area (Å²) in [6.07, 6.45) is 0. The first kappa shape index (κ1) is 13.3. The fourth-order valence-electron chi connectivity index (χ4n) is 2.21. The van der Waals surface area contributed by atoms with Crippen molar-refractivity contribution in [2.45, 2.75) is 32.9 Å². The third-order valence-electron chi connectivity index (χ3n) is 3.43. The number of thiazole rings is 1. The smallest absolute Gasteiger partial charge is 0.257 e. The van der Waals surface area contributed by atoms with Gasteiger partial charge in [-0.1, -0.05) is 19.9 Å². The average Bonchev–Trinajstić information content (AvgIpc) is 3.05. The molecule has 0 bridgehead atoms. The monoisotopic (exact) mass is 287 g/mol. The highest BCUT2D eigenvalue weighted by molar-refractivity contribution is 7.14. The number of aromatic nitrogens is 1. The summed E-state index contributed by atoms with van der Waals surface area (Å²) in [6, 6.07) is 5.85. The van der Waals surface area contributed by atoms with Crippen molar-refractivity contribution in [1.82, 2.24) is 10.3 Å². The van der Waals surface area contributed by atoms with Crippen molar-refractivity contribution in [3.63, 3.8) is 0 Å². The third-order valence-corrected chi connectivity index (χ3v) is 4.21. The van der Waals surface area contributed by atoms with E-state index in [-0.39, 0.29) is 5.91 Å². The number of carbonyl (C=O) groups excluding carboxylic acids is 1. The van der Waals surface area contributed by atoms with Crippen LogP contribution in [0.25, 0.3) is 0 Å². The second-order valence-corrected chi connectivity index (χ2v) is 6.13. The molecule has 20 heavy (non-hydrogen) atoms. The van der Waals surface area contributed by atoms with Crippen molar-refractivity contribution in [3.05, 3.63) is 46.0 Å². The summed E-state index contributed by atoms with van der Waals surface area (Å²) in [6.45, 7) is 5.91. The minimum absolute atomic E-state index is 0.0932. The van der Waals surface area contributed by atoms with Crippen LogP contribution in [0.2, 0.25) is 0 Å². The van der Waals surface area contributed by atoms with Gasteiger partial charge in [-0.25, -0.2) is 4.98 Å². The Balaban J connectivity index is 1.75. The van der Waals surface area contributed by atoms with E-state index in [4.69, 9.17) is 0 Å². The van der Waals surface area contributed by atoms with Crippen LogP contribution in [0.1, 0.15) is 46.9 Å². The molecule has 1 amide bonds. The lowest BCUT2D eigenvalue weighted by atomic mass is 10.1. The number of carbonyl (C=O) groups is 1. The van der Waals surface area contributed by atoms with E-state index in [1.54, 1.807) is 0 Å². The van der Waals surface area contributed by atoms with Crippen molar-refractivity contribution in [2.24, 2.45) is 0 Å². The summed E-state index contributed by atoms with van der Waals surface area (Å²) < 4.78 is 0. The van der Waals surface area contributed by atoms with Gasteiger partial charge < -0.3 is 5.32 Å². The Bertz CT molecular complexity index is 648. The Morgan fingerprint density at radius 2 is 2.15 bits per heavy atom. The Kier molecular flexibility index (Phi) is 3.54. The maximum absolute atomic E-state index is 12.2. The number of amides is 1. The fraction of sp³-hybridized carbons (Fsp3) is 0.333. The Morgan fingerprint density at radius 1 is 1.35 bits per heavy atom. The van der Waals surface area contributed by atoms with Crippen LogP contribution in [-0.2, 0) is 13.1 Å². The van der Waals surface area contributed by atoms with Crippen LogP contribution < -0.4 is 10.6 Å². The van der Waals surface area contributed by atoms with Gasteiger partial charge in [-0.05, 0) is 29.2 Å². The molecule has 2 aromatic rings. The second kappa shape index (κ2) is 5.34. The number of hydrogen-bond acceptors (Lipinski definition) is 4. The zero-order chi connectivity index (χ0) is 14.1. The molecule has 5 heteroatoms. The van der Waals surface area contributed by atoms with E-state index in [1.807, 2.05) is 23.6 Å². The molecule has 0 unspecified atom stereocenters. The first-order valence-corrected chi connectivity index (χ1v) is 7.61. The van der Waals surface area contributed by atoms with Gasteiger partial charge >= 0.3 is 0 Å². The molecule has 1 aromatic heterocycles. The van der Waals surface area contributed by atoms with Crippen molar-refractivity contribution < 1.29 is 4.79 Å². The van der Waals surface area contributed by atoms with Gasteiger partial charge in [0.15, 0.2) is 5.13 Å². The van der Waals surface area contributed by atoms with Crippen LogP contribution in [0.4, 0.5) is 5.13 Å². The van der Waals surface area contributed by atoms with E-state index >= 15 is 0 Å².